The summed E-state index contributed by atoms with van der Waals surface area (Å²) in [6, 6.07) is 6.38. The van der Waals surface area contributed by atoms with Crippen LogP contribution in [0.5, 0.6) is 0 Å². The van der Waals surface area contributed by atoms with Gasteiger partial charge in [-0.05, 0) is 59.5 Å². The van der Waals surface area contributed by atoms with Crippen molar-refractivity contribution in [1.82, 2.24) is 4.57 Å². The van der Waals surface area contributed by atoms with Crippen molar-refractivity contribution < 1.29 is 0 Å². The Labute approximate surface area is 103 Å². The molecule has 3 rings (SSSR count). The molecule has 3 heteroatoms. The number of aromatic nitrogens is 1. The lowest BCUT2D eigenvalue weighted by atomic mass is 10.2. The average Bonchev–Trinajstić information content (AvgIpc) is 2.89. The number of nitrogen functional groups attached to an aromatic ring is 1. The Bertz CT molecular complexity index is 512. The van der Waals surface area contributed by atoms with Crippen molar-refractivity contribution in [3.8, 4) is 0 Å². The number of benzene rings is 1. The van der Waals surface area contributed by atoms with E-state index in [2.05, 4.69) is 45.5 Å². The zero-order chi connectivity index (χ0) is 10.4. The number of hydrogen-bond donors (Lipinski definition) is 1. The molecule has 2 nitrogen and oxygen atoms in total. The molecule has 0 aliphatic heterocycles. The van der Waals surface area contributed by atoms with Crippen LogP contribution in [0.25, 0.3) is 10.9 Å². The molecule has 1 heterocycles. The summed E-state index contributed by atoms with van der Waals surface area (Å²) in [7, 11) is 0. The fourth-order valence-electron chi connectivity index (χ4n) is 2.03. The third kappa shape index (κ3) is 1.73. The molecule has 0 amide bonds. The second-order valence-electron chi connectivity index (χ2n) is 4.34. The third-order valence-electron chi connectivity index (χ3n) is 3.04. The number of rotatable bonds is 2. The quantitative estimate of drug-likeness (QED) is 0.670. The molecule has 1 fully saturated rings. The van der Waals surface area contributed by atoms with Gasteiger partial charge in [0.2, 0.25) is 0 Å². The van der Waals surface area contributed by atoms with Crippen molar-refractivity contribution in [3.05, 3.63) is 28.0 Å². The van der Waals surface area contributed by atoms with Crippen LogP contribution in [0.3, 0.4) is 0 Å². The van der Waals surface area contributed by atoms with E-state index in [0.29, 0.717) is 0 Å². The molecule has 0 spiro atoms. The molecule has 0 unspecified atom stereocenters. The van der Waals surface area contributed by atoms with Crippen molar-refractivity contribution >= 4 is 39.2 Å². The largest absolute Gasteiger partial charge is 0.398 e. The minimum Gasteiger partial charge on any atom is -0.398 e. The fraction of sp³-hybridized carbons (Fsp3) is 0.333. The van der Waals surface area contributed by atoms with Gasteiger partial charge < -0.3 is 10.3 Å². The monoisotopic (exact) mass is 312 g/mol. The number of halogens is 1. The molecule has 2 aromatic rings. The van der Waals surface area contributed by atoms with Crippen molar-refractivity contribution in [1.29, 1.82) is 0 Å². The van der Waals surface area contributed by atoms with Gasteiger partial charge in [0, 0.05) is 27.4 Å². The standard InChI is InChI=1S/C12H13IN2/c13-9-5-11(14)10-3-4-15(12(10)6-9)7-8-1-2-8/h3-6,8H,1-2,7,14H2. The zero-order valence-electron chi connectivity index (χ0n) is 8.41. The molecule has 2 N–H and O–H groups in total. The van der Waals surface area contributed by atoms with E-state index < -0.39 is 0 Å². The maximum Gasteiger partial charge on any atom is 0.0511 e. The molecule has 0 bridgehead atoms. The first-order valence-corrected chi connectivity index (χ1v) is 6.36. The number of hydrogen-bond acceptors (Lipinski definition) is 1. The van der Waals surface area contributed by atoms with E-state index in [1.807, 2.05) is 6.07 Å². The summed E-state index contributed by atoms with van der Waals surface area (Å²) in [6.45, 7) is 1.16. The van der Waals surface area contributed by atoms with Gasteiger partial charge in [0.25, 0.3) is 0 Å². The van der Waals surface area contributed by atoms with Gasteiger partial charge in [-0.1, -0.05) is 0 Å². The summed E-state index contributed by atoms with van der Waals surface area (Å²) < 4.78 is 3.55. The molecule has 1 saturated carbocycles. The first kappa shape index (κ1) is 9.51. The molecule has 78 valence electrons. The van der Waals surface area contributed by atoms with Gasteiger partial charge in [-0.3, -0.25) is 0 Å². The smallest absolute Gasteiger partial charge is 0.0511 e. The molecular formula is C12H13IN2. The van der Waals surface area contributed by atoms with E-state index in [-0.39, 0.29) is 0 Å². The van der Waals surface area contributed by atoms with E-state index in [9.17, 15) is 0 Å². The summed E-state index contributed by atoms with van der Waals surface area (Å²) in [4.78, 5) is 0. The third-order valence-corrected chi connectivity index (χ3v) is 3.66. The second-order valence-corrected chi connectivity index (χ2v) is 5.58. The Balaban J connectivity index is 2.14. The van der Waals surface area contributed by atoms with Gasteiger partial charge in [-0.25, -0.2) is 0 Å². The van der Waals surface area contributed by atoms with Crippen molar-refractivity contribution in [2.45, 2.75) is 19.4 Å². The van der Waals surface area contributed by atoms with Gasteiger partial charge >= 0.3 is 0 Å². The highest BCUT2D eigenvalue weighted by Gasteiger charge is 2.22. The fourth-order valence-corrected chi connectivity index (χ4v) is 2.66. The summed E-state index contributed by atoms with van der Waals surface area (Å²) >= 11 is 2.32. The first-order chi connectivity index (χ1) is 7.24. The first-order valence-electron chi connectivity index (χ1n) is 5.28. The van der Waals surface area contributed by atoms with Crippen LogP contribution >= 0.6 is 22.6 Å². The van der Waals surface area contributed by atoms with E-state index in [1.54, 1.807) is 0 Å². The van der Waals surface area contributed by atoms with Crippen LogP contribution in [0.2, 0.25) is 0 Å². The maximum atomic E-state index is 6.00. The van der Waals surface area contributed by atoms with Gasteiger partial charge in [0.05, 0.1) is 5.52 Å². The molecule has 1 aliphatic rings. The lowest BCUT2D eigenvalue weighted by Gasteiger charge is -2.05. The minimum atomic E-state index is 0.895. The van der Waals surface area contributed by atoms with Crippen LogP contribution in [0.4, 0.5) is 5.69 Å². The van der Waals surface area contributed by atoms with Crippen LogP contribution in [0.1, 0.15) is 12.8 Å². The Kier molecular flexibility index (Phi) is 2.16. The van der Waals surface area contributed by atoms with Crippen molar-refractivity contribution in [2.24, 2.45) is 5.92 Å². The van der Waals surface area contributed by atoms with Gasteiger partial charge in [0.15, 0.2) is 0 Å². The number of fused-ring (bicyclic) bond motifs is 1. The highest BCUT2D eigenvalue weighted by Crippen LogP contribution is 2.33. The van der Waals surface area contributed by atoms with Crippen LogP contribution in [0, 0.1) is 9.49 Å². The van der Waals surface area contributed by atoms with Crippen molar-refractivity contribution in [2.75, 3.05) is 5.73 Å². The zero-order valence-corrected chi connectivity index (χ0v) is 10.6. The SMILES string of the molecule is Nc1cc(I)cc2c1ccn2CC1CC1. The maximum absolute atomic E-state index is 6.00. The molecule has 0 saturated heterocycles. The van der Waals surface area contributed by atoms with Gasteiger partial charge in [-0.15, -0.1) is 0 Å². The normalized spacial score (nSPS) is 16.1. The molecular weight excluding hydrogens is 299 g/mol. The number of anilines is 1. The van der Waals surface area contributed by atoms with Crippen LogP contribution in [-0.2, 0) is 6.54 Å². The van der Waals surface area contributed by atoms with E-state index in [0.717, 1.165) is 18.2 Å². The predicted molar refractivity (Wildman–Crippen MR) is 71.8 cm³/mol. The highest BCUT2D eigenvalue weighted by molar-refractivity contribution is 14.1. The topological polar surface area (TPSA) is 30.9 Å². The number of nitrogens with two attached hydrogens (primary N) is 1. The highest BCUT2D eigenvalue weighted by atomic mass is 127. The second kappa shape index (κ2) is 3.40. The molecule has 0 radical (unpaired) electrons. The summed E-state index contributed by atoms with van der Waals surface area (Å²) in [5.41, 5.74) is 8.18. The minimum absolute atomic E-state index is 0.895. The van der Waals surface area contributed by atoms with Crippen LogP contribution in [-0.4, -0.2) is 4.57 Å². The number of nitrogens with zero attached hydrogens (tertiary/aromatic N) is 1. The predicted octanol–water partition coefficient (Wildman–Crippen LogP) is 3.24. The van der Waals surface area contributed by atoms with Crippen LogP contribution < -0.4 is 5.73 Å². The van der Waals surface area contributed by atoms with Gasteiger partial charge in [0.1, 0.15) is 0 Å². The van der Waals surface area contributed by atoms with Crippen molar-refractivity contribution in [3.63, 3.8) is 0 Å². The summed E-state index contributed by atoms with van der Waals surface area (Å²) in [5.74, 6) is 0.902. The summed E-state index contributed by atoms with van der Waals surface area (Å²) in [6.07, 6.45) is 4.94. The molecule has 1 aromatic heterocycles. The van der Waals surface area contributed by atoms with Crippen LogP contribution in [0.15, 0.2) is 24.4 Å². The Morgan fingerprint density at radius 1 is 1.40 bits per heavy atom. The van der Waals surface area contributed by atoms with E-state index in [1.165, 1.54) is 27.3 Å². The van der Waals surface area contributed by atoms with E-state index >= 15 is 0 Å². The van der Waals surface area contributed by atoms with Gasteiger partial charge in [-0.2, -0.15) is 0 Å². The molecule has 15 heavy (non-hydrogen) atoms. The Hall–Kier alpha value is -0.710. The van der Waals surface area contributed by atoms with E-state index in [4.69, 9.17) is 5.73 Å². The Morgan fingerprint density at radius 3 is 2.93 bits per heavy atom. The average molecular weight is 312 g/mol. The molecule has 1 aliphatic carbocycles. The lowest BCUT2D eigenvalue weighted by molar-refractivity contribution is 0.647. The lowest BCUT2D eigenvalue weighted by Crippen LogP contribution is -1.98. The molecule has 0 atom stereocenters. The molecule has 1 aromatic carbocycles. The summed E-state index contributed by atoms with van der Waals surface area (Å²) in [5, 5.41) is 1.19. The Morgan fingerprint density at radius 2 is 2.20 bits per heavy atom.